The number of benzene rings is 1. The highest BCUT2D eigenvalue weighted by Crippen LogP contribution is 2.31. The Morgan fingerprint density at radius 1 is 1.33 bits per heavy atom. The maximum absolute atomic E-state index is 14.1. The fraction of sp³-hybridized carbons (Fsp3) is 0.588. The molecule has 0 unspecified atom stereocenters. The van der Waals surface area contributed by atoms with Crippen molar-refractivity contribution in [2.45, 2.75) is 20.0 Å². The fourth-order valence-corrected chi connectivity index (χ4v) is 2.79. The number of hydrogen-bond acceptors (Lipinski definition) is 4. The molecule has 1 aliphatic rings. The van der Waals surface area contributed by atoms with Crippen molar-refractivity contribution in [1.29, 1.82) is 0 Å². The molecule has 24 heavy (non-hydrogen) atoms. The summed E-state index contributed by atoms with van der Waals surface area (Å²) in [6.07, 6.45) is -0.207. The molecule has 0 radical (unpaired) electrons. The predicted octanol–water partition coefficient (Wildman–Crippen LogP) is 2.24. The number of carbonyl (C=O) groups is 1. The molecular weight excluding hydrogens is 333 g/mol. The zero-order valence-corrected chi connectivity index (χ0v) is 15.2. The molecule has 7 heteroatoms. The third-order valence-electron chi connectivity index (χ3n) is 3.95. The number of amides is 1. The quantitative estimate of drug-likeness (QED) is 0.848. The Morgan fingerprint density at radius 3 is 2.62 bits per heavy atom. The van der Waals surface area contributed by atoms with E-state index in [0.29, 0.717) is 6.54 Å². The fourth-order valence-electron chi connectivity index (χ4n) is 2.58. The minimum Gasteiger partial charge on any atom is -0.488 e. The third kappa shape index (κ3) is 5.06. The number of nitrogens with one attached hydrogen (secondary N) is 1. The molecule has 2 rings (SSSR count). The number of likely N-dealkylation sites (N-methyl/N-ethyl adjacent to an activating group) is 1. The van der Waals surface area contributed by atoms with E-state index < -0.39 is 11.7 Å². The number of nitrogens with zero attached hydrogens (tertiary/aromatic N) is 2. The Hall–Kier alpha value is -1.37. The van der Waals surface area contributed by atoms with Crippen LogP contribution in [0.4, 0.5) is 4.39 Å². The molecule has 1 fully saturated rings. The van der Waals surface area contributed by atoms with Crippen LogP contribution in [0, 0.1) is 5.82 Å². The summed E-state index contributed by atoms with van der Waals surface area (Å²) in [4.78, 5) is 16.9. The first kappa shape index (κ1) is 19.0. The number of halogens is 2. The zero-order valence-electron chi connectivity index (χ0n) is 14.4. The van der Waals surface area contributed by atoms with Crippen molar-refractivity contribution >= 4 is 17.5 Å². The molecular formula is C17H25ClFN3O2. The van der Waals surface area contributed by atoms with Gasteiger partial charge in [0.25, 0.3) is 5.91 Å². The van der Waals surface area contributed by atoms with E-state index >= 15 is 0 Å². The Labute approximate surface area is 147 Å². The van der Waals surface area contributed by atoms with Crippen LogP contribution < -0.4 is 10.1 Å². The number of piperazine rings is 1. The van der Waals surface area contributed by atoms with Crippen molar-refractivity contribution in [1.82, 2.24) is 15.1 Å². The molecule has 1 saturated heterocycles. The first-order valence-electron chi connectivity index (χ1n) is 8.22. The lowest BCUT2D eigenvalue weighted by Gasteiger charge is -2.32. The number of rotatable bonds is 6. The Bertz CT molecular complexity index is 575. The highest BCUT2D eigenvalue weighted by atomic mass is 35.5. The first-order valence-corrected chi connectivity index (χ1v) is 8.60. The van der Waals surface area contributed by atoms with Crippen LogP contribution in [-0.4, -0.2) is 68.1 Å². The summed E-state index contributed by atoms with van der Waals surface area (Å²) in [5, 5.41) is 3.00. The minimum absolute atomic E-state index is 0.101. The number of ether oxygens (including phenoxy) is 1. The molecule has 1 N–H and O–H groups in total. The molecule has 0 aliphatic carbocycles. The lowest BCUT2D eigenvalue weighted by atomic mass is 10.1. The number of carbonyl (C=O) groups excluding carboxylic acids is 1. The Morgan fingerprint density at radius 2 is 2.00 bits per heavy atom. The maximum Gasteiger partial charge on any atom is 0.258 e. The SMILES string of the molecule is CC(C)Oc1c(Cl)ccc(F)c1C(=O)NCCN1CCN(C)CC1. The molecule has 1 aliphatic heterocycles. The van der Waals surface area contributed by atoms with Crippen molar-refractivity contribution in [2.24, 2.45) is 0 Å². The van der Waals surface area contributed by atoms with E-state index in [1.165, 1.54) is 12.1 Å². The van der Waals surface area contributed by atoms with Gasteiger partial charge in [-0.15, -0.1) is 0 Å². The van der Waals surface area contributed by atoms with Crippen LogP contribution >= 0.6 is 11.6 Å². The van der Waals surface area contributed by atoms with E-state index in [2.05, 4.69) is 22.2 Å². The summed E-state index contributed by atoms with van der Waals surface area (Å²) in [6.45, 7) is 8.77. The van der Waals surface area contributed by atoms with Gasteiger partial charge in [0, 0.05) is 39.3 Å². The highest BCUT2D eigenvalue weighted by Gasteiger charge is 2.22. The smallest absolute Gasteiger partial charge is 0.258 e. The van der Waals surface area contributed by atoms with E-state index in [0.717, 1.165) is 32.7 Å². The second kappa shape index (κ2) is 8.65. The summed E-state index contributed by atoms with van der Waals surface area (Å²) in [5.41, 5.74) is -0.130. The molecule has 0 bridgehead atoms. The molecule has 5 nitrogen and oxygen atoms in total. The summed E-state index contributed by atoms with van der Waals surface area (Å²) in [5.74, 6) is -1.03. The standard InChI is InChI=1S/C17H25ClFN3O2/c1-12(2)24-16-13(18)4-5-14(19)15(16)17(23)20-6-7-22-10-8-21(3)9-11-22/h4-5,12H,6-11H2,1-3H3,(H,20,23). The van der Waals surface area contributed by atoms with Gasteiger partial charge in [-0.2, -0.15) is 0 Å². The third-order valence-corrected chi connectivity index (χ3v) is 4.25. The summed E-state index contributed by atoms with van der Waals surface area (Å²) < 4.78 is 19.7. The van der Waals surface area contributed by atoms with Crippen molar-refractivity contribution in [2.75, 3.05) is 46.3 Å². The second-order valence-electron chi connectivity index (χ2n) is 6.30. The molecule has 0 aromatic heterocycles. The van der Waals surface area contributed by atoms with Crippen molar-refractivity contribution < 1.29 is 13.9 Å². The van der Waals surface area contributed by atoms with Crippen LogP contribution in [0.3, 0.4) is 0 Å². The second-order valence-corrected chi connectivity index (χ2v) is 6.71. The van der Waals surface area contributed by atoms with Gasteiger partial charge in [-0.05, 0) is 33.0 Å². The lowest BCUT2D eigenvalue weighted by Crippen LogP contribution is -2.47. The van der Waals surface area contributed by atoms with Gasteiger partial charge in [-0.3, -0.25) is 9.69 Å². The Kier molecular flexibility index (Phi) is 6.83. The van der Waals surface area contributed by atoms with Gasteiger partial charge in [0.15, 0.2) is 5.75 Å². The van der Waals surface area contributed by atoms with Crippen molar-refractivity contribution in [3.05, 3.63) is 28.5 Å². The van der Waals surface area contributed by atoms with Crippen LogP contribution in [-0.2, 0) is 0 Å². The monoisotopic (exact) mass is 357 g/mol. The maximum atomic E-state index is 14.1. The van der Waals surface area contributed by atoms with E-state index in [1.807, 2.05) is 0 Å². The van der Waals surface area contributed by atoms with Crippen LogP contribution in [0.15, 0.2) is 12.1 Å². The topological polar surface area (TPSA) is 44.8 Å². The van der Waals surface area contributed by atoms with Crippen LogP contribution in [0.5, 0.6) is 5.75 Å². The Balaban J connectivity index is 1.97. The van der Waals surface area contributed by atoms with Crippen molar-refractivity contribution in [3.63, 3.8) is 0 Å². The van der Waals surface area contributed by atoms with Gasteiger partial charge < -0.3 is 15.0 Å². The van der Waals surface area contributed by atoms with Crippen LogP contribution in [0.25, 0.3) is 0 Å². The van der Waals surface area contributed by atoms with Gasteiger partial charge in [0.05, 0.1) is 11.1 Å². The van der Waals surface area contributed by atoms with E-state index in [1.54, 1.807) is 13.8 Å². The van der Waals surface area contributed by atoms with Crippen LogP contribution in [0.1, 0.15) is 24.2 Å². The average Bonchev–Trinajstić information content (AvgIpc) is 2.52. The largest absolute Gasteiger partial charge is 0.488 e. The molecule has 1 amide bonds. The molecule has 0 atom stereocenters. The highest BCUT2D eigenvalue weighted by molar-refractivity contribution is 6.32. The minimum atomic E-state index is -0.632. The molecule has 0 saturated carbocycles. The van der Waals surface area contributed by atoms with Gasteiger partial charge in [-0.25, -0.2) is 4.39 Å². The number of hydrogen-bond donors (Lipinski definition) is 1. The first-order chi connectivity index (χ1) is 11.4. The normalized spacial score (nSPS) is 16.4. The van der Waals surface area contributed by atoms with Gasteiger partial charge in [-0.1, -0.05) is 11.6 Å². The predicted molar refractivity (Wildman–Crippen MR) is 93.4 cm³/mol. The zero-order chi connectivity index (χ0) is 17.7. The molecule has 1 heterocycles. The van der Waals surface area contributed by atoms with E-state index in [4.69, 9.17) is 16.3 Å². The lowest BCUT2D eigenvalue weighted by molar-refractivity contribution is 0.0930. The van der Waals surface area contributed by atoms with Crippen molar-refractivity contribution in [3.8, 4) is 5.75 Å². The summed E-state index contributed by atoms with van der Waals surface area (Å²) in [7, 11) is 2.09. The molecule has 0 spiro atoms. The van der Waals surface area contributed by atoms with Gasteiger partial charge in [0.2, 0.25) is 0 Å². The molecule has 134 valence electrons. The van der Waals surface area contributed by atoms with Gasteiger partial charge in [0.1, 0.15) is 11.4 Å². The average molecular weight is 358 g/mol. The molecule has 1 aromatic rings. The molecule has 1 aromatic carbocycles. The summed E-state index contributed by atoms with van der Waals surface area (Å²) in [6, 6.07) is 2.58. The van der Waals surface area contributed by atoms with Gasteiger partial charge >= 0.3 is 0 Å². The van der Waals surface area contributed by atoms with E-state index in [-0.39, 0.29) is 22.4 Å². The summed E-state index contributed by atoms with van der Waals surface area (Å²) >= 11 is 6.07. The van der Waals surface area contributed by atoms with E-state index in [9.17, 15) is 9.18 Å². The van der Waals surface area contributed by atoms with Crippen LogP contribution in [0.2, 0.25) is 5.02 Å².